The Kier molecular flexibility index (Phi) is 8.99. The van der Waals surface area contributed by atoms with Crippen LogP contribution in [0.25, 0.3) is 0 Å². The van der Waals surface area contributed by atoms with E-state index in [9.17, 15) is 45.6 Å². The molecule has 5 rings (SSSR count). The van der Waals surface area contributed by atoms with Crippen LogP contribution in [0.1, 0.15) is 35.4 Å². The van der Waals surface area contributed by atoms with Gasteiger partial charge in [-0.15, -0.1) is 0 Å². The molecule has 3 aliphatic heterocycles. The van der Waals surface area contributed by atoms with Crippen LogP contribution in [0.5, 0.6) is 28.7 Å². The van der Waals surface area contributed by atoms with Crippen molar-refractivity contribution in [3.63, 3.8) is 0 Å². The molecule has 0 radical (unpaired) electrons. The Bertz CT molecular complexity index is 1320. The number of rotatable bonds is 7. The summed E-state index contributed by atoms with van der Waals surface area (Å²) in [7, 11) is 1.36. The number of aliphatic hydroxyl groups excluding tert-OH is 6. The molecular weight excluding hydrogens is 576 g/mol. The number of methoxy groups -OCH3 is 1. The zero-order chi connectivity index (χ0) is 31.2. The highest BCUT2D eigenvalue weighted by molar-refractivity contribution is 6.02. The number of benzene rings is 2. The molecule has 0 spiro atoms. The number of carbonyl (C=O) groups is 1. The first kappa shape index (κ1) is 31.2. The van der Waals surface area contributed by atoms with Crippen LogP contribution in [0.4, 0.5) is 0 Å². The third-order valence-electron chi connectivity index (χ3n) is 7.69. The van der Waals surface area contributed by atoms with Gasteiger partial charge in [0.15, 0.2) is 23.6 Å². The van der Waals surface area contributed by atoms with Gasteiger partial charge in [-0.2, -0.15) is 0 Å². The number of fused-ring (bicyclic) bond motifs is 1. The Morgan fingerprint density at radius 3 is 2.26 bits per heavy atom. The average Bonchev–Trinajstić information content (AvgIpc) is 2.97. The third-order valence-corrected chi connectivity index (χ3v) is 7.69. The van der Waals surface area contributed by atoms with Crippen molar-refractivity contribution in [2.45, 2.75) is 80.9 Å². The maximum Gasteiger partial charge on any atom is 0.229 e. The molecule has 0 unspecified atom stereocenters. The van der Waals surface area contributed by atoms with E-state index >= 15 is 0 Å². The van der Waals surface area contributed by atoms with Crippen LogP contribution in [0.15, 0.2) is 30.3 Å². The Morgan fingerprint density at radius 2 is 1.53 bits per heavy atom. The summed E-state index contributed by atoms with van der Waals surface area (Å²) >= 11 is 0. The highest BCUT2D eigenvalue weighted by Gasteiger charge is 2.47. The van der Waals surface area contributed by atoms with Crippen molar-refractivity contribution in [3.8, 4) is 28.7 Å². The minimum Gasteiger partial charge on any atom is -0.508 e. The number of phenols is 2. The van der Waals surface area contributed by atoms with Crippen molar-refractivity contribution in [2.75, 3.05) is 13.7 Å². The maximum atomic E-state index is 12.8. The van der Waals surface area contributed by atoms with Crippen molar-refractivity contribution in [1.29, 1.82) is 0 Å². The summed E-state index contributed by atoms with van der Waals surface area (Å²) in [6, 6.07) is 6.83. The van der Waals surface area contributed by atoms with Crippen molar-refractivity contribution < 1.29 is 74.1 Å². The molecule has 3 aliphatic rings. The number of ketones is 1. The molecule has 2 aromatic rings. The fraction of sp³-hybridized carbons (Fsp3) is 0.536. The number of hydrogen-bond acceptors (Lipinski definition) is 15. The normalized spacial score (nSPS) is 36.0. The van der Waals surface area contributed by atoms with E-state index < -0.39 is 85.7 Å². The van der Waals surface area contributed by atoms with Crippen LogP contribution in [-0.2, 0) is 14.2 Å². The molecule has 2 aromatic carbocycles. The van der Waals surface area contributed by atoms with Crippen LogP contribution >= 0.6 is 0 Å². The molecule has 0 aliphatic carbocycles. The lowest BCUT2D eigenvalue weighted by Gasteiger charge is -2.42. The van der Waals surface area contributed by atoms with E-state index in [0.29, 0.717) is 5.56 Å². The third kappa shape index (κ3) is 6.08. The topological polar surface area (TPSA) is 234 Å². The minimum atomic E-state index is -1.75. The SMILES string of the molecule is COc1ccc([C@@H]2CC(=O)c3c(O)cc(O)cc3O2)cc1O[C@@H]1O[C@H](CO[C@@H]2O[C@@H](C)[C@H](O)[C@@H](O)[C@H]2O)[C@@H](O)[C@H](O)[C@H]1O. The summed E-state index contributed by atoms with van der Waals surface area (Å²) in [5.41, 5.74) is 0.381. The smallest absolute Gasteiger partial charge is 0.229 e. The van der Waals surface area contributed by atoms with Gasteiger partial charge >= 0.3 is 0 Å². The van der Waals surface area contributed by atoms with Crippen LogP contribution in [0, 0.1) is 0 Å². The lowest BCUT2D eigenvalue weighted by molar-refractivity contribution is -0.318. The molecule has 11 atom stereocenters. The highest BCUT2D eigenvalue weighted by Crippen LogP contribution is 2.43. The number of ether oxygens (including phenoxy) is 6. The Balaban J connectivity index is 1.32. The summed E-state index contributed by atoms with van der Waals surface area (Å²) in [5, 5.41) is 81.7. The molecule has 0 bridgehead atoms. The van der Waals surface area contributed by atoms with Gasteiger partial charge in [-0.1, -0.05) is 6.07 Å². The molecule has 0 saturated carbocycles. The fourth-order valence-electron chi connectivity index (χ4n) is 5.21. The van der Waals surface area contributed by atoms with E-state index in [1.54, 1.807) is 6.07 Å². The minimum absolute atomic E-state index is 0.00786. The molecule has 15 heteroatoms. The van der Waals surface area contributed by atoms with Gasteiger partial charge in [0.05, 0.1) is 26.2 Å². The zero-order valence-electron chi connectivity index (χ0n) is 23.1. The van der Waals surface area contributed by atoms with Crippen molar-refractivity contribution in [2.24, 2.45) is 0 Å². The van der Waals surface area contributed by atoms with Crippen LogP contribution in [0.3, 0.4) is 0 Å². The Labute approximate surface area is 245 Å². The zero-order valence-corrected chi connectivity index (χ0v) is 23.1. The summed E-state index contributed by atoms with van der Waals surface area (Å²) < 4.78 is 33.7. The number of aromatic hydroxyl groups is 2. The second-order valence-corrected chi connectivity index (χ2v) is 10.6. The summed E-state index contributed by atoms with van der Waals surface area (Å²) in [5.74, 6) is -0.925. The average molecular weight is 611 g/mol. The first-order valence-electron chi connectivity index (χ1n) is 13.5. The van der Waals surface area contributed by atoms with Gasteiger partial charge in [-0.05, 0) is 24.6 Å². The van der Waals surface area contributed by atoms with Gasteiger partial charge in [0.25, 0.3) is 0 Å². The van der Waals surface area contributed by atoms with E-state index in [2.05, 4.69) is 0 Å². The second-order valence-electron chi connectivity index (χ2n) is 10.6. The molecular formula is C28H34O15. The monoisotopic (exact) mass is 610 g/mol. The van der Waals surface area contributed by atoms with Crippen LogP contribution in [0.2, 0.25) is 0 Å². The predicted octanol–water partition coefficient (Wildman–Crippen LogP) is -1.16. The molecule has 15 nitrogen and oxygen atoms in total. The number of phenolic OH excluding ortho intramolecular Hbond substituents is 2. The van der Waals surface area contributed by atoms with Crippen LogP contribution in [-0.4, -0.2) is 122 Å². The van der Waals surface area contributed by atoms with Gasteiger partial charge < -0.3 is 69.3 Å². The fourth-order valence-corrected chi connectivity index (χ4v) is 5.21. The standard InChI is InChI=1S/C28H34O15/c1-10-21(32)23(34)25(36)27(40-10)39-9-19-22(33)24(35)26(37)28(43-19)42-17-5-11(3-4-15(17)38-2)16-8-14(31)20-13(30)6-12(29)7-18(20)41-16/h3-7,10,16,19,21-30,32-37H,8-9H2,1-2H3/t10-,16-,19+,21-,22+,23+,24-,25+,26+,27+,28+/m0/s1. The Hall–Kier alpha value is -3.25. The van der Waals surface area contributed by atoms with E-state index in [1.165, 1.54) is 32.2 Å². The number of aliphatic hydroxyl groups is 6. The largest absolute Gasteiger partial charge is 0.508 e. The number of carbonyl (C=O) groups excluding carboxylic acids is 1. The Morgan fingerprint density at radius 1 is 0.837 bits per heavy atom. The van der Waals surface area contributed by atoms with E-state index in [1.807, 2.05) is 0 Å². The molecule has 0 aromatic heterocycles. The summed E-state index contributed by atoms with van der Waals surface area (Å²) in [6.07, 6.45) is -15.8. The summed E-state index contributed by atoms with van der Waals surface area (Å²) in [4.78, 5) is 12.8. The molecule has 2 fully saturated rings. The molecule has 236 valence electrons. The summed E-state index contributed by atoms with van der Waals surface area (Å²) in [6.45, 7) is 0.991. The predicted molar refractivity (Wildman–Crippen MR) is 141 cm³/mol. The second kappa shape index (κ2) is 12.4. The number of hydrogen-bond donors (Lipinski definition) is 8. The molecule has 2 saturated heterocycles. The molecule has 3 heterocycles. The lowest BCUT2D eigenvalue weighted by atomic mass is 9.95. The molecule has 43 heavy (non-hydrogen) atoms. The van der Waals surface area contributed by atoms with Gasteiger partial charge in [-0.25, -0.2) is 0 Å². The van der Waals surface area contributed by atoms with Gasteiger partial charge in [-0.3, -0.25) is 4.79 Å². The van der Waals surface area contributed by atoms with Crippen LogP contribution < -0.4 is 14.2 Å². The van der Waals surface area contributed by atoms with E-state index in [4.69, 9.17) is 28.4 Å². The van der Waals surface area contributed by atoms with Crippen molar-refractivity contribution in [1.82, 2.24) is 0 Å². The molecule has 8 N–H and O–H groups in total. The van der Waals surface area contributed by atoms with Crippen molar-refractivity contribution >= 4 is 5.78 Å². The first-order chi connectivity index (χ1) is 20.4. The van der Waals surface area contributed by atoms with Crippen molar-refractivity contribution in [3.05, 3.63) is 41.5 Å². The van der Waals surface area contributed by atoms with E-state index in [0.717, 1.165) is 6.07 Å². The number of Topliss-reactive ketones (excluding diaryl/α,β-unsaturated/α-hetero) is 1. The van der Waals surface area contributed by atoms with Gasteiger partial charge in [0, 0.05) is 12.1 Å². The first-order valence-corrected chi connectivity index (χ1v) is 13.5. The van der Waals surface area contributed by atoms with Gasteiger partial charge in [0.2, 0.25) is 6.29 Å². The van der Waals surface area contributed by atoms with E-state index in [-0.39, 0.29) is 35.0 Å². The maximum absolute atomic E-state index is 12.8. The van der Waals surface area contributed by atoms with Gasteiger partial charge in [0.1, 0.15) is 71.6 Å². The highest BCUT2D eigenvalue weighted by atomic mass is 16.7. The quantitative estimate of drug-likeness (QED) is 0.185. The molecule has 0 amide bonds. The lowest BCUT2D eigenvalue weighted by Crippen LogP contribution is -2.61.